The van der Waals surface area contributed by atoms with Gasteiger partial charge < -0.3 is 0 Å². The SMILES string of the molecule is CCc1cc2cc(C)c(C)cc2[cH-]1.CCc1cc2cc(C)c(C)cc2[cH-]1.[Cl][Zr+2][Cl]. The zero-order valence-electron chi connectivity index (χ0n) is 18.3. The van der Waals surface area contributed by atoms with E-state index in [0.29, 0.717) is 0 Å². The Morgan fingerprint density at radius 2 is 0.931 bits per heavy atom. The van der Waals surface area contributed by atoms with Crippen molar-refractivity contribution >= 4 is 38.6 Å². The normalized spacial score (nSPS) is 10.2. The second-order valence-electron chi connectivity index (χ2n) is 7.64. The van der Waals surface area contributed by atoms with Crippen molar-refractivity contribution in [1.29, 1.82) is 0 Å². The van der Waals surface area contributed by atoms with E-state index in [1.807, 2.05) is 0 Å². The molecule has 3 heteroatoms. The maximum atomic E-state index is 4.93. The molecule has 0 amide bonds. The summed E-state index contributed by atoms with van der Waals surface area (Å²) in [6, 6.07) is 18.3. The van der Waals surface area contributed by atoms with Crippen molar-refractivity contribution < 1.29 is 20.8 Å². The van der Waals surface area contributed by atoms with E-state index in [-0.39, 0.29) is 0 Å². The fourth-order valence-electron chi connectivity index (χ4n) is 3.51. The molecule has 0 atom stereocenters. The van der Waals surface area contributed by atoms with Crippen molar-refractivity contribution in [3.05, 3.63) is 81.9 Å². The fraction of sp³-hybridized carbons (Fsp3) is 0.308. The van der Waals surface area contributed by atoms with Gasteiger partial charge in [0.15, 0.2) is 0 Å². The van der Waals surface area contributed by atoms with Crippen LogP contribution in [0.25, 0.3) is 21.5 Å². The summed E-state index contributed by atoms with van der Waals surface area (Å²) < 4.78 is 0. The molecule has 0 aromatic heterocycles. The standard InChI is InChI=1S/2C13H15.2ClH.Zr/c2*1-4-11-7-12-5-9(2)10(3)6-13(12)8-11;;;/h2*5-8H,4H2,1-3H3;2*1H;/q2*-1;;;+4/p-2. The summed E-state index contributed by atoms with van der Waals surface area (Å²) >= 11 is -0.826. The average Bonchev–Trinajstić information content (AvgIpc) is 3.26. The van der Waals surface area contributed by atoms with Gasteiger partial charge in [-0.3, -0.25) is 0 Å². The predicted molar refractivity (Wildman–Crippen MR) is 128 cm³/mol. The number of hydrogen-bond donors (Lipinski definition) is 0. The Morgan fingerprint density at radius 3 is 1.24 bits per heavy atom. The van der Waals surface area contributed by atoms with Gasteiger partial charge in [0.2, 0.25) is 0 Å². The molecule has 0 heterocycles. The molecule has 0 aliphatic carbocycles. The van der Waals surface area contributed by atoms with Crippen LogP contribution in [0.1, 0.15) is 47.2 Å². The van der Waals surface area contributed by atoms with Gasteiger partial charge in [-0.15, -0.1) is 69.1 Å². The molecule has 0 radical (unpaired) electrons. The molecule has 152 valence electrons. The first-order valence-corrected chi connectivity index (χ1v) is 16.4. The van der Waals surface area contributed by atoms with Gasteiger partial charge in [-0.2, -0.15) is 12.1 Å². The molecule has 0 aliphatic heterocycles. The zero-order chi connectivity index (χ0) is 21.6. The van der Waals surface area contributed by atoms with Crippen LogP contribution in [-0.4, -0.2) is 0 Å². The van der Waals surface area contributed by atoms with Gasteiger partial charge in [-0.05, 0) is 40.5 Å². The molecule has 0 bridgehead atoms. The minimum absolute atomic E-state index is 0.826. The molecule has 0 saturated heterocycles. The van der Waals surface area contributed by atoms with E-state index >= 15 is 0 Å². The van der Waals surface area contributed by atoms with Gasteiger partial charge in [0.25, 0.3) is 0 Å². The number of benzene rings is 2. The van der Waals surface area contributed by atoms with E-state index < -0.39 is 20.8 Å². The summed E-state index contributed by atoms with van der Waals surface area (Å²) in [5.41, 5.74) is 8.45. The monoisotopic (exact) mass is 502 g/mol. The fourth-order valence-corrected chi connectivity index (χ4v) is 3.51. The third-order valence-electron chi connectivity index (χ3n) is 5.58. The molecule has 0 aliphatic rings. The average molecular weight is 505 g/mol. The van der Waals surface area contributed by atoms with Crippen molar-refractivity contribution in [3.8, 4) is 0 Å². The summed E-state index contributed by atoms with van der Waals surface area (Å²) in [6.45, 7) is 13.1. The van der Waals surface area contributed by atoms with Crippen LogP contribution in [0, 0.1) is 27.7 Å². The minimum atomic E-state index is -0.826. The Balaban J connectivity index is 0.000000183. The summed E-state index contributed by atoms with van der Waals surface area (Å²) in [4.78, 5) is 0. The summed E-state index contributed by atoms with van der Waals surface area (Å²) in [5.74, 6) is 0. The van der Waals surface area contributed by atoms with Crippen LogP contribution in [0.5, 0.6) is 0 Å². The molecule has 0 N–H and O–H groups in total. The Hall–Kier alpha value is -0.877. The summed E-state index contributed by atoms with van der Waals surface area (Å²) in [7, 11) is 9.87. The predicted octanol–water partition coefficient (Wildman–Crippen LogP) is 8.85. The van der Waals surface area contributed by atoms with E-state index in [4.69, 9.17) is 17.0 Å². The number of hydrogen-bond acceptors (Lipinski definition) is 0. The molecule has 0 unspecified atom stereocenters. The van der Waals surface area contributed by atoms with E-state index in [1.165, 1.54) is 54.9 Å². The van der Waals surface area contributed by atoms with Crippen molar-refractivity contribution in [3.63, 3.8) is 0 Å². The molecule has 29 heavy (non-hydrogen) atoms. The number of rotatable bonds is 2. The quantitative estimate of drug-likeness (QED) is 0.239. The Labute approximate surface area is 194 Å². The van der Waals surface area contributed by atoms with Crippen LogP contribution in [-0.2, 0) is 33.7 Å². The van der Waals surface area contributed by atoms with E-state index in [9.17, 15) is 0 Å². The van der Waals surface area contributed by atoms with Crippen LogP contribution >= 0.6 is 17.0 Å². The molecule has 0 nitrogen and oxygen atoms in total. The van der Waals surface area contributed by atoms with Crippen molar-refractivity contribution in [1.82, 2.24) is 0 Å². The second-order valence-corrected chi connectivity index (χ2v) is 11.4. The first-order valence-electron chi connectivity index (χ1n) is 10.1. The number of aryl methyl sites for hydroxylation is 6. The third kappa shape index (κ3) is 6.55. The van der Waals surface area contributed by atoms with E-state index in [0.717, 1.165) is 12.8 Å². The van der Waals surface area contributed by atoms with E-state index in [2.05, 4.69) is 90.1 Å². The molecule has 0 spiro atoms. The van der Waals surface area contributed by atoms with Crippen LogP contribution in [0.2, 0.25) is 0 Å². The second kappa shape index (κ2) is 11.5. The molecule has 4 rings (SSSR count). The van der Waals surface area contributed by atoms with Gasteiger partial charge in [0.1, 0.15) is 0 Å². The third-order valence-corrected chi connectivity index (χ3v) is 5.58. The first kappa shape index (κ1) is 24.4. The van der Waals surface area contributed by atoms with Crippen molar-refractivity contribution in [2.75, 3.05) is 0 Å². The summed E-state index contributed by atoms with van der Waals surface area (Å²) in [5, 5.41) is 5.56. The molecule has 0 saturated carbocycles. The van der Waals surface area contributed by atoms with Crippen LogP contribution < -0.4 is 0 Å². The molecule has 4 aromatic rings. The van der Waals surface area contributed by atoms with E-state index in [1.54, 1.807) is 0 Å². The maximum absolute atomic E-state index is 4.93. The van der Waals surface area contributed by atoms with Gasteiger partial charge in [0.05, 0.1) is 0 Å². The molecule has 0 fully saturated rings. The first-order chi connectivity index (χ1) is 13.8. The molecular weight excluding hydrogens is 474 g/mol. The van der Waals surface area contributed by atoms with Crippen LogP contribution in [0.15, 0.2) is 48.5 Å². The van der Waals surface area contributed by atoms with Crippen molar-refractivity contribution in [2.24, 2.45) is 0 Å². The van der Waals surface area contributed by atoms with Crippen LogP contribution in [0.3, 0.4) is 0 Å². The van der Waals surface area contributed by atoms with Crippen molar-refractivity contribution in [2.45, 2.75) is 54.4 Å². The van der Waals surface area contributed by atoms with Gasteiger partial charge >= 0.3 is 37.9 Å². The Kier molecular flexibility index (Phi) is 9.67. The topological polar surface area (TPSA) is 0 Å². The van der Waals surface area contributed by atoms with Gasteiger partial charge in [0, 0.05) is 0 Å². The Bertz CT molecular complexity index is 905. The van der Waals surface area contributed by atoms with Gasteiger partial charge in [-0.25, -0.2) is 0 Å². The zero-order valence-corrected chi connectivity index (χ0v) is 22.3. The molecule has 4 aromatic carbocycles. The Morgan fingerprint density at radius 1 is 0.621 bits per heavy atom. The van der Waals surface area contributed by atoms with Gasteiger partial charge in [-0.1, -0.05) is 36.1 Å². The number of fused-ring (bicyclic) bond motifs is 2. The number of halogens is 2. The molecular formula is C26H30Cl2Zr. The van der Waals surface area contributed by atoms with Crippen LogP contribution in [0.4, 0.5) is 0 Å². The summed E-state index contributed by atoms with van der Waals surface area (Å²) in [6.07, 6.45) is 2.26.